The summed E-state index contributed by atoms with van der Waals surface area (Å²) >= 11 is 0. The molecule has 0 amide bonds. The number of hydrogen-bond acceptors (Lipinski definition) is 3. The molecule has 2 saturated heterocycles. The standard InChI is InChI=1S/C15H30N2O/c1-12(2)15(3,18)11-17-10-5-4-8-14(17)13-7-6-9-16-13/h12-14,16,18H,4-11H2,1-3H3. The van der Waals surface area contributed by atoms with Gasteiger partial charge in [-0.25, -0.2) is 0 Å². The molecule has 0 aliphatic carbocycles. The van der Waals surface area contributed by atoms with Crippen molar-refractivity contribution in [3.8, 4) is 0 Å². The molecule has 2 aliphatic heterocycles. The Hall–Kier alpha value is -0.120. The first-order valence-corrected chi connectivity index (χ1v) is 7.70. The van der Waals surface area contributed by atoms with Crippen molar-refractivity contribution < 1.29 is 5.11 Å². The normalized spacial score (nSPS) is 33.8. The summed E-state index contributed by atoms with van der Waals surface area (Å²) in [5.74, 6) is 0.316. The first kappa shape index (κ1) is 14.3. The Kier molecular flexibility index (Phi) is 4.68. The average Bonchev–Trinajstić information content (AvgIpc) is 2.82. The maximum atomic E-state index is 10.5. The van der Waals surface area contributed by atoms with E-state index in [0.717, 1.165) is 13.1 Å². The second kappa shape index (κ2) is 5.89. The van der Waals surface area contributed by atoms with Crippen LogP contribution in [0.1, 0.15) is 52.9 Å². The van der Waals surface area contributed by atoms with Crippen LogP contribution in [-0.4, -0.2) is 47.3 Å². The second-order valence-electron chi connectivity index (χ2n) is 6.75. The average molecular weight is 254 g/mol. The number of piperidine rings is 1. The predicted octanol–water partition coefficient (Wildman–Crippen LogP) is 2.00. The van der Waals surface area contributed by atoms with Gasteiger partial charge in [0.2, 0.25) is 0 Å². The van der Waals surface area contributed by atoms with Gasteiger partial charge in [0.15, 0.2) is 0 Å². The first-order valence-electron chi connectivity index (χ1n) is 7.70. The summed E-state index contributed by atoms with van der Waals surface area (Å²) in [5, 5.41) is 14.2. The summed E-state index contributed by atoms with van der Waals surface area (Å²) < 4.78 is 0. The van der Waals surface area contributed by atoms with Crippen molar-refractivity contribution in [2.45, 2.75) is 70.6 Å². The SMILES string of the molecule is CC(C)C(C)(O)CN1CCCCC1C1CCCN1. The smallest absolute Gasteiger partial charge is 0.0768 e. The van der Waals surface area contributed by atoms with Gasteiger partial charge in [-0.15, -0.1) is 0 Å². The highest BCUT2D eigenvalue weighted by molar-refractivity contribution is 4.93. The van der Waals surface area contributed by atoms with Crippen LogP contribution in [-0.2, 0) is 0 Å². The Bertz CT molecular complexity index is 259. The molecule has 0 spiro atoms. The van der Waals surface area contributed by atoms with Crippen LogP contribution in [0.2, 0.25) is 0 Å². The second-order valence-corrected chi connectivity index (χ2v) is 6.75. The summed E-state index contributed by atoms with van der Waals surface area (Å²) in [7, 11) is 0. The molecule has 3 unspecified atom stereocenters. The Morgan fingerprint density at radius 3 is 2.67 bits per heavy atom. The van der Waals surface area contributed by atoms with Crippen LogP contribution in [0, 0.1) is 5.92 Å². The number of rotatable bonds is 4. The number of hydrogen-bond donors (Lipinski definition) is 2. The minimum absolute atomic E-state index is 0.316. The summed E-state index contributed by atoms with van der Waals surface area (Å²) in [4.78, 5) is 2.55. The van der Waals surface area contributed by atoms with E-state index in [0.29, 0.717) is 18.0 Å². The zero-order valence-electron chi connectivity index (χ0n) is 12.3. The number of nitrogens with zero attached hydrogens (tertiary/aromatic N) is 1. The Morgan fingerprint density at radius 2 is 2.06 bits per heavy atom. The minimum atomic E-state index is -0.561. The minimum Gasteiger partial charge on any atom is -0.389 e. The summed E-state index contributed by atoms with van der Waals surface area (Å²) in [5.41, 5.74) is -0.561. The van der Waals surface area contributed by atoms with Crippen molar-refractivity contribution in [3.63, 3.8) is 0 Å². The van der Waals surface area contributed by atoms with Crippen molar-refractivity contribution in [1.29, 1.82) is 0 Å². The zero-order chi connectivity index (χ0) is 13.2. The summed E-state index contributed by atoms with van der Waals surface area (Å²) in [6.45, 7) is 9.39. The topological polar surface area (TPSA) is 35.5 Å². The van der Waals surface area contributed by atoms with Crippen molar-refractivity contribution in [2.75, 3.05) is 19.6 Å². The van der Waals surface area contributed by atoms with Crippen molar-refractivity contribution >= 4 is 0 Å². The molecule has 106 valence electrons. The van der Waals surface area contributed by atoms with Gasteiger partial charge in [0.25, 0.3) is 0 Å². The molecule has 2 N–H and O–H groups in total. The molecule has 3 heteroatoms. The third-order valence-electron chi connectivity index (χ3n) is 4.99. The molecule has 2 heterocycles. The molecule has 0 bridgehead atoms. The molecule has 0 aromatic rings. The molecule has 0 aromatic heterocycles. The molecule has 2 aliphatic rings. The Morgan fingerprint density at radius 1 is 1.28 bits per heavy atom. The first-order chi connectivity index (χ1) is 8.50. The van der Waals surface area contributed by atoms with Crippen LogP contribution in [0.25, 0.3) is 0 Å². The van der Waals surface area contributed by atoms with E-state index in [-0.39, 0.29) is 0 Å². The fraction of sp³-hybridized carbons (Fsp3) is 1.00. The number of β-amino-alcohol motifs (C(OH)–C–C–N with tert-alkyl or cyclic N) is 1. The lowest BCUT2D eigenvalue weighted by Gasteiger charge is -2.43. The lowest BCUT2D eigenvalue weighted by atomic mass is 9.88. The number of likely N-dealkylation sites (tertiary alicyclic amines) is 1. The van der Waals surface area contributed by atoms with Gasteiger partial charge >= 0.3 is 0 Å². The van der Waals surface area contributed by atoms with Gasteiger partial charge in [0.1, 0.15) is 0 Å². The van der Waals surface area contributed by atoms with Crippen LogP contribution in [0.5, 0.6) is 0 Å². The monoisotopic (exact) mass is 254 g/mol. The van der Waals surface area contributed by atoms with Gasteiger partial charge in [-0.1, -0.05) is 20.3 Å². The van der Waals surface area contributed by atoms with Crippen LogP contribution >= 0.6 is 0 Å². The maximum Gasteiger partial charge on any atom is 0.0768 e. The zero-order valence-corrected chi connectivity index (χ0v) is 12.3. The lowest BCUT2D eigenvalue weighted by Crippen LogP contribution is -2.55. The highest BCUT2D eigenvalue weighted by atomic mass is 16.3. The van der Waals surface area contributed by atoms with Gasteiger partial charge in [0, 0.05) is 18.6 Å². The predicted molar refractivity (Wildman–Crippen MR) is 75.7 cm³/mol. The van der Waals surface area contributed by atoms with Crippen molar-refractivity contribution in [2.24, 2.45) is 5.92 Å². The van der Waals surface area contributed by atoms with Gasteiger partial charge in [-0.05, 0) is 51.6 Å². The fourth-order valence-electron chi connectivity index (χ4n) is 3.30. The van der Waals surface area contributed by atoms with E-state index < -0.39 is 5.60 Å². The maximum absolute atomic E-state index is 10.5. The quantitative estimate of drug-likeness (QED) is 0.805. The van der Waals surface area contributed by atoms with Crippen molar-refractivity contribution in [3.05, 3.63) is 0 Å². The molecular weight excluding hydrogens is 224 g/mol. The molecule has 3 atom stereocenters. The fourth-order valence-corrected chi connectivity index (χ4v) is 3.30. The van der Waals surface area contributed by atoms with E-state index in [2.05, 4.69) is 24.1 Å². The summed E-state index contributed by atoms with van der Waals surface area (Å²) in [6.07, 6.45) is 6.56. The van der Waals surface area contributed by atoms with E-state index in [4.69, 9.17) is 0 Å². The van der Waals surface area contributed by atoms with E-state index in [1.807, 2.05) is 6.92 Å². The molecule has 0 saturated carbocycles. The van der Waals surface area contributed by atoms with E-state index in [9.17, 15) is 5.11 Å². The Labute approximate surface area is 112 Å². The molecule has 3 nitrogen and oxygen atoms in total. The third kappa shape index (κ3) is 3.25. The van der Waals surface area contributed by atoms with Crippen LogP contribution in [0.3, 0.4) is 0 Å². The van der Waals surface area contributed by atoms with Gasteiger partial charge in [0.05, 0.1) is 5.60 Å². The van der Waals surface area contributed by atoms with Crippen LogP contribution in [0.4, 0.5) is 0 Å². The van der Waals surface area contributed by atoms with E-state index in [1.165, 1.54) is 38.6 Å². The largest absolute Gasteiger partial charge is 0.389 e. The molecule has 18 heavy (non-hydrogen) atoms. The lowest BCUT2D eigenvalue weighted by molar-refractivity contribution is -0.0399. The third-order valence-corrected chi connectivity index (χ3v) is 4.99. The number of aliphatic hydroxyl groups is 1. The summed E-state index contributed by atoms with van der Waals surface area (Å²) in [6, 6.07) is 1.31. The highest BCUT2D eigenvalue weighted by Gasteiger charge is 2.36. The molecule has 0 aromatic carbocycles. The van der Waals surface area contributed by atoms with Gasteiger partial charge in [-0.3, -0.25) is 4.90 Å². The number of nitrogens with one attached hydrogen (secondary N) is 1. The Balaban J connectivity index is 1.99. The van der Waals surface area contributed by atoms with Gasteiger partial charge in [-0.2, -0.15) is 0 Å². The van der Waals surface area contributed by atoms with Gasteiger partial charge < -0.3 is 10.4 Å². The van der Waals surface area contributed by atoms with Crippen molar-refractivity contribution in [1.82, 2.24) is 10.2 Å². The molecular formula is C15H30N2O. The van der Waals surface area contributed by atoms with Crippen LogP contribution < -0.4 is 5.32 Å². The highest BCUT2D eigenvalue weighted by Crippen LogP contribution is 2.27. The molecule has 0 radical (unpaired) electrons. The molecule has 2 rings (SSSR count). The molecule has 2 fully saturated rings. The van der Waals surface area contributed by atoms with E-state index >= 15 is 0 Å². The van der Waals surface area contributed by atoms with E-state index in [1.54, 1.807) is 0 Å². The van der Waals surface area contributed by atoms with Crippen LogP contribution in [0.15, 0.2) is 0 Å².